The fraction of sp³-hybridized carbons (Fsp3) is 0.571. The van der Waals surface area contributed by atoms with Gasteiger partial charge in [-0.2, -0.15) is 0 Å². The molecule has 1 aromatic heterocycles. The highest BCUT2D eigenvalue weighted by molar-refractivity contribution is 7.17. The van der Waals surface area contributed by atoms with Crippen LogP contribution in [-0.2, 0) is 17.6 Å². The van der Waals surface area contributed by atoms with Gasteiger partial charge < -0.3 is 11.1 Å². The zero-order valence-corrected chi connectivity index (χ0v) is 12.8. The third kappa shape index (κ3) is 4.67. The van der Waals surface area contributed by atoms with Gasteiger partial charge in [-0.1, -0.05) is 27.7 Å². The summed E-state index contributed by atoms with van der Waals surface area (Å²) in [6, 6.07) is 0. The summed E-state index contributed by atoms with van der Waals surface area (Å²) in [6.07, 6.45) is 3.53. The van der Waals surface area contributed by atoms with Gasteiger partial charge in [0, 0.05) is 4.88 Å². The normalized spacial score (nSPS) is 13.3. The number of amides is 2. The molecule has 1 aromatic rings. The smallest absolute Gasteiger partial charge is 0.251 e. The van der Waals surface area contributed by atoms with Crippen LogP contribution in [0.2, 0.25) is 0 Å². The third-order valence-electron chi connectivity index (χ3n) is 2.36. The van der Waals surface area contributed by atoms with Gasteiger partial charge in [-0.05, 0) is 30.2 Å². The van der Waals surface area contributed by atoms with Gasteiger partial charge in [-0.3, -0.25) is 9.59 Å². The Morgan fingerprint density at radius 1 is 1.32 bits per heavy atom. The van der Waals surface area contributed by atoms with Crippen molar-refractivity contribution >= 4 is 28.7 Å². The Balaban J connectivity index is 0.000000312. The molecule has 1 aliphatic rings. The van der Waals surface area contributed by atoms with Crippen LogP contribution in [0.1, 0.15) is 54.9 Å². The minimum atomic E-state index is -0.450. The number of nitrogens with one attached hydrogen (secondary N) is 1. The fourth-order valence-corrected chi connectivity index (χ4v) is 3.07. The second-order valence-electron chi connectivity index (χ2n) is 6.19. The highest BCUT2D eigenvalue weighted by atomic mass is 32.1. The topological polar surface area (TPSA) is 72.2 Å². The third-order valence-corrected chi connectivity index (χ3v) is 3.58. The number of fused-ring (bicyclic) bond motifs is 1. The number of nitrogens with two attached hydrogens (primary N) is 1. The van der Waals surface area contributed by atoms with Gasteiger partial charge in [0.1, 0.15) is 5.00 Å². The molecule has 4 nitrogen and oxygen atoms in total. The average molecular weight is 282 g/mol. The summed E-state index contributed by atoms with van der Waals surface area (Å²) < 4.78 is 0. The first-order valence-corrected chi connectivity index (χ1v) is 7.20. The molecule has 2 amide bonds. The number of hydrogen-bond acceptors (Lipinski definition) is 3. The molecular weight excluding hydrogens is 260 g/mol. The maximum atomic E-state index is 11.2. The molecule has 0 saturated carbocycles. The molecule has 3 N–H and O–H groups in total. The van der Waals surface area contributed by atoms with Crippen molar-refractivity contribution in [2.24, 2.45) is 11.1 Å². The summed E-state index contributed by atoms with van der Waals surface area (Å²) in [5.74, 6) is -0.450. The lowest BCUT2D eigenvalue weighted by molar-refractivity contribution is -0.105. The standard InChI is InChI=1S/C9H10N2O2S.C5H12/c10-8(13)7-5-2-1-3-6(5)14-9(7)11-4-12;1-5(2,3)4/h4H,1-3H2,(H2,10,13)(H,11,12);1-4H3. The van der Waals surface area contributed by atoms with E-state index in [0.717, 1.165) is 24.8 Å². The Hall–Kier alpha value is -1.36. The molecule has 0 aliphatic heterocycles. The van der Waals surface area contributed by atoms with Crippen LogP contribution in [0.5, 0.6) is 0 Å². The van der Waals surface area contributed by atoms with E-state index in [1.807, 2.05) is 0 Å². The van der Waals surface area contributed by atoms with Gasteiger partial charge in [-0.15, -0.1) is 11.3 Å². The Kier molecular flexibility index (Phi) is 5.11. The molecule has 0 unspecified atom stereocenters. The second kappa shape index (κ2) is 6.19. The summed E-state index contributed by atoms with van der Waals surface area (Å²) in [5.41, 5.74) is 7.32. The number of primary amides is 1. The average Bonchev–Trinajstić information content (AvgIpc) is 2.73. The van der Waals surface area contributed by atoms with E-state index in [-0.39, 0.29) is 0 Å². The van der Waals surface area contributed by atoms with E-state index in [1.54, 1.807) is 0 Å². The molecule has 1 aliphatic carbocycles. The summed E-state index contributed by atoms with van der Waals surface area (Å²) >= 11 is 1.46. The quantitative estimate of drug-likeness (QED) is 0.837. The minimum Gasteiger partial charge on any atom is -0.365 e. The first-order valence-electron chi connectivity index (χ1n) is 6.38. The highest BCUT2D eigenvalue weighted by Crippen LogP contribution is 2.38. The summed E-state index contributed by atoms with van der Waals surface area (Å²) in [7, 11) is 0. The van der Waals surface area contributed by atoms with Gasteiger partial charge >= 0.3 is 0 Å². The predicted molar refractivity (Wildman–Crippen MR) is 79.7 cm³/mol. The molecular formula is C14H22N2O2S. The lowest BCUT2D eigenvalue weighted by Crippen LogP contribution is -2.14. The number of carbonyl (C=O) groups is 2. The van der Waals surface area contributed by atoms with Crippen molar-refractivity contribution in [3.05, 3.63) is 16.0 Å². The van der Waals surface area contributed by atoms with Crippen LogP contribution in [0, 0.1) is 5.41 Å². The Morgan fingerprint density at radius 2 is 1.89 bits per heavy atom. The Morgan fingerprint density at radius 3 is 2.37 bits per heavy atom. The maximum absolute atomic E-state index is 11.2. The van der Waals surface area contributed by atoms with Crippen molar-refractivity contribution in [3.8, 4) is 0 Å². The van der Waals surface area contributed by atoms with E-state index in [0.29, 0.717) is 22.4 Å². The van der Waals surface area contributed by atoms with Crippen molar-refractivity contribution < 1.29 is 9.59 Å². The van der Waals surface area contributed by atoms with Crippen LogP contribution in [0.15, 0.2) is 0 Å². The summed E-state index contributed by atoms with van der Waals surface area (Å²) in [5, 5.41) is 3.12. The first kappa shape index (κ1) is 15.7. The van der Waals surface area contributed by atoms with E-state index in [2.05, 4.69) is 33.0 Å². The number of rotatable bonds is 3. The van der Waals surface area contributed by atoms with E-state index >= 15 is 0 Å². The highest BCUT2D eigenvalue weighted by Gasteiger charge is 2.24. The molecule has 19 heavy (non-hydrogen) atoms. The molecule has 0 bridgehead atoms. The number of carbonyl (C=O) groups excluding carboxylic acids is 2. The molecule has 5 heteroatoms. The van der Waals surface area contributed by atoms with Gasteiger partial charge in [0.05, 0.1) is 5.56 Å². The van der Waals surface area contributed by atoms with Crippen LogP contribution < -0.4 is 11.1 Å². The van der Waals surface area contributed by atoms with E-state index in [1.165, 1.54) is 16.2 Å². The van der Waals surface area contributed by atoms with E-state index in [4.69, 9.17) is 5.73 Å². The Bertz CT molecular complexity index is 467. The van der Waals surface area contributed by atoms with Crippen molar-refractivity contribution in [1.82, 2.24) is 0 Å². The minimum absolute atomic E-state index is 0.450. The largest absolute Gasteiger partial charge is 0.365 e. The SMILES string of the molecule is CC(C)(C)C.NC(=O)c1c(NC=O)sc2c1CCC2. The number of hydrogen-bond donors (Lipinski definition) is 2. The zero-order valence-electron chi connectivity index (χ0n) is 12.0. The van der Waals surface area contributed by atoms with Crippen LogP contribution in [-0.4, -0.2) is 12.3 Å². The molecule has 0 radical (unpaired) electrons. The molecule has 0 saturated heterocycles. The zero-order chi connectivity index (χ0) is 14.6. The molecule has 0 spiro atoms. The van der Waals surface area contributed by atoms with Crippen molar-refractivity contribution in [2.75, 3.05) is 5.32 Å². The van der Waals surface area contributed by atoms with Crippen LogP contribution in [0.4, 0.5) is 5.00 Å². The number of thiophene rings is 1. The lowest BCUT2D eigenvalue weighted by Gasteiger charge is -2.05. The molecule has 0 atom stereocenters. The van der Waals surface area contributed by atoms with Crippen LogP contribution in [0.3, 0.4) is 0 Å². The summed E-state index contributed by atoms with van der Waals surface area (Å²) in [6.45, 7) is 8.75. The van der Waals surface area contributed by atoms with Gasteiger partial charge in [0.25, 0.3) is 5.91 Å². The monoisotopic (exact) mass is 282 g/mol. The van der Waals surface area contributed by atoms with E-state index in [9.17, 15) is 9.59 Å². The van der Waals surface area contributed by atoms with E-state index < -0.39 is 5.91 Å². The molecule has 2 rings (SSSR count). The molecule has 106 valence electrons. The fourth-order valence-electron chi connectivity index (χ4n) is 1.82. The van der Waals surface area contributed by atoms with Crippen LogP contribution in [0.25, 0.3) is 0 Å². The predicted octanol–water partition coefficient (Wildman–Crippen LogP) is 2.96. The van der Waals surface area contributed by atoms with Crippen molar-refractivity contribution in [2.45, 2.75) is 47.0 Å². The van der Waals surface area contributed by atoms with Crippen LogP contribution >= 0.6 is 11.3 Å². The van der Waals surface area contributed by atoms with Crippen molar-refractivity contribution in [1.29, 1.82) is 0 Å². The molecule has 0 aromatic carbocycles. The number of aryl methyl sites for hydroxylation is 1. The van der Waals surface area contributed by atoms with Gasteiger partial charge in [0.2, 0.25) is 6.41 Å². The van der Waals surface area contributed by atoms with Gasteiger partial charge in [-0.25, -0.2) is 0 Å². The maximum Gasteiger partial charge on any atom is 0.251 e. The number of anilines is 1. The second-order valence-corrected chi connectivity index (χ2v) is 7.29. The van der Waals surface area contributed by atoms with Crippen molar-refractivity contribution in [3.63, 3.8) is 0 Å². The van der Waals surface area contributed by atoms with Gasteiger partial charge in [0.15, 0.2) is 0 Å². The lowest BCUT2D eigenvalue weighted by atomic mass is 10.0. The first-order chi connectivity index (χ1) is 8.74. The summed E-state index contributed by atoms with van der Waals surface area (Å²) in [4.78, 5) is 22.7. The Labute approximate surface area is 118 Å². The molecule has 1 heterocycles. The molecule has 0 fully saturated rings.